The van der Waals surface area contributed by atoms with Crippen LogP contribution in [0.1, 0.15) is 22.8 Å². The molecule has 0 aliphatic carbocycles. The number of carbonyl (C=O) groups excluding carboxylic acids is 1. The number of aliphatic hydroxyl groups excluding tert-OH is 1. The van der Waals surface area contributed by atoms with Gasteiger partial charge in [0.25, 0.3) is 5.91 Å². The maximum atomic E-state index is 12.7. The first-order chi connectivity index (χ1) is 11.9. The fourth-order valence-corrected chi connectivity index (χ4v) is 3.92. The van der Waals surface area contributed by atoms with E-state index in [-0.39, 0.29) is 17.3 Å². The number of carbonyl (C=O) groups is 1. The van der Waals surface area contributed by atoms with Gasteiger partial charge in [-0.15, -0.1) is 0 Å². The summed E-state index contributed by atoms with van der Waals surface area (Å²) in [6.07, 6.45) is 0.0448. The van der Waals surface area contributed by atoms with Gasteiger partial charge in [0, 0.05) is 24.3 Å². The van der Waals surface area contributed by atoms with Crippen LogP contribution in [0.15, 0.2) is 53.4 Å². The molecule has 0 aromatic heterocycles. The second-order valence-electron chi connectivity index (χ2n) is 6.06. The van der Waals surface area contributed by atoms with E-state index in [1.165, 1.54) is 31.2 Å². The number of benzene rings is 2. The van der Waals surface area contributed by atoms with E-state index >= 15 is 0 Å². The number of fused-ring (bicyclic) bond motifs is 1. The van der Waals surface area contributed by atoms with E-state index in [1.54, 1.807) is 4.90 Å². The Bertz CT molecular complexity index is 876. The molecule has 0 radical (unpaired) electrons. The fraction of sp³-hybridized carbons (Fsp3) is 0.278. The van der Waals surface area contributed by atoms with Gasteiger partial charge in [0.1, 0.15) is 0 Å². The van der Waals surface area contributed by atoms with Crippen molar-refractivity contribution in [2.45, 2.75) is 24.3 Å². The number of para-hydroxylation sites is 1. The SMILES string of the molecule is CC(O)CNS(=O)(=O)c1ccc(C(=O)N2CCc3ccccc32)cc1. The molecular weight excluding hydrogens is 340 g/mol. The third-order valence-electron chi connectivity index (χ3n) is 4.11. The Morgan fingerprint density at radius 2 is 1.88 bits per heavy atom. The first-order valence-electron chi connectivity index (χ1n) is 8.06. The normalized spacial score (nSPS) is 15.0. The van der Waals surface area contributed by atoms with E-state index in [2.05, 4.69) is 4.72 Å². The molecule has 6 nitrogen and oxygen atoms in total. The van der Waals surface area contributed by atoms with E-state index in [0.29, 0.717) is 12.1 Å². The van der Waals surface area contributed by atoms with Crippen LogP contribution in [0.5, 0.6) is 0 Å². The second-order valence-corrected chi connectivity index (χ2v) is 7.83. The monoisotopic (exact) mass is 360 g/mol. The van der Waals surface area contributed by atoms with Crippen molar-refractivity contribution < 1.29 is 18.3 Å². The Balaban J connectivity index is 1.78. The van der Waals surface area contributed by atoms with Crippen molar-refractivity contribution in [3.63, 3.8) is 0 Å². The molecule has 0 bridgehead atoms. The molecule has 1 unspecified atom stereocenters. The van der Waals surface area contributed by atoms with Crippen LogP contribution in [0, 0.1) is 0 Å². The number of nitrogens with one attached hydrogen (secondary N) is 1. The molecule has 7 heteroatoms. The van der Waals surface area contributed by atoms with Gasteiger partial charge in [-0.1, -0.05) is 18.2 Å². The predicted molar refractivity (Wildman–Crippen MR) is 95.1 cm³/mol. The molecular formula is C18H20N2O4S. The average Bonchev–Trinajstić information content (AvgIpc) is 3.04. The fourth-order valence-electron chi connectivity index (χ4n) is 2.80. The zero-order valence-corrected chi connectivity index (χ0v) is 14.7. The molecule has 2 aromatic rings. The standard InChI is InChI=1S/C18H20N2O4S/c1-13(21)12-19-25(23,24)16-8-6-15(7-9-16)18(22)20-11-10-14-4-2-3-5-17(14)20/h2-9,13,19,21H,10-12H2,1H3. The van der Waals surface area contributed by atoms with Gasteiger partial charge < -0.3 is 10.0 Å². The molecule has 1 amide bonds. The number of amides is 1. The maximum Gasteiger partial charge on any atom is 0.258 e. The van der Waals surface area contributed by atoms with E-state index in [4.69, 9.17) is 0 Å². The number of nitrogens with zero attached hydrogens (tertiary/aromatic N) is 1. The van der Waals surface area contributed by atoms with E-state index in [1.807, 2.05) is 24.3 Å². The summed E-state index contributed by atoms with van der Waals surface area (Å²) in [7, 11) is -3.70. The second kappa shape index (κ2) is 6.95. The molecule has 1 aliphatic rings. The number of anilines is 1. The van der Waals surface area contributed by atoms with Gasteiger partial charge in [0.2, 0.25) is 10.0 Å². The molecule has 1 aliphatic heterocycles. The lowest BCUT2D eigenvalue weighted by molar-refractivity contribution is 0.0989. The van der Waals surface area contributed by atoms with Crippen molar-refractivity contribution in [2.24, 2.45) is 0 Å². The number of hydrogen-bond donors (Lipinski definition) is 2. The van der Waals surface area contributed by atoms with Gasteiger partial charge in [-0.05, 0) is 49.2 Å². The zero-order valence-electron chi connectivity index (χ0n) is 13.8. The van der Waals surface area contributed by atoms with Gasteiger partial charge in [0.05, 0.1) is 11.0 Å². The van der Waals surface area contributed by atoms with Crippen molar-refractivity contribution >= 4 is 21.6 Å². The van der Waals surface area contributed by atoms with Crippen molar-refractivity contribution in [2.75, 3.05) is 18.0 Å². The van der Waals surface area contributed by atoms with Gasteiger partial charge in [-0.2, -0.15) is 0 Å². The average molecular weight is 360 g/mol. The summed E-state index contributed by atoms with van der Waals surface area (Å²) in [6, 6.07) is 13.6. The minimum atomic E-state index is -3.70. The third-order valence-corrected chi connectivity index (χ3v) is 5.55. The molecule has 0 saturated carbocycles. The van der Waals surface area contributed by atoms with Gasteiger partial charge in [-0.25, -0.2) is 13.1 Å². The minimum Gasteiger partial charge on any atom is -0.392 e. The minimum absolute atomic E-state index is 0.0616. The highest BCUT2D eigenvalue weighted by Crippen LogP contribution is 2.29. The number of hydrogen-bond acceptors (Lipinski definition) is 4. The highest BCUT2D eigenvalue weighted by atomic mass is 32.2. The lowest BCUT2D eigenvalue weighted by atomic mass is 10.1. The first kappa shape index (κ1) is 17.6. The Kier molecular flexibility index (Phi) is 4.89. The zero-order chi connectivity index (χ0) is 18.0. The predicted octanol–water partition coefficient (Wildman–Crippen LogP) is 1.55. The van der Waals surface area contributed by atoms with E-state index in [0.717, 1.165) is 17.7 Å². The molecule has 3 rings (SSSR count). The van der Waals surface area contributed by atoms with E-state index < -0.39 is 16.1 Å². The molecule has 25 heavy (non-hydrogen) atoms. The maximum absolute atomic E-state index is 12.7. The molecule has 0 spiro atoms. The van der Waals surface area contributed by atoms with Crippen LogP contribution in [0.25, 0.3) is 0 Å². The topological polar surface area (TPSA) is 86.7 Å². The summed E-state index contributed by atoms with van der Waals surface area (Å²) in [5.74, 6) is -0.147. The largest absolute Gasteiger partial charge is 0.392 e. The molecule has 2 N–H and O–H groups in total. The lowest BCUT2D eigenvalue weighted by Gasteiger charge is -2.17. The number of rotatable bonds is 5. The number of aliphatic hydroxyl groups is 1. The van der Waals surface area contributed by atoms with Crippen LogP contribution < -0.4 is 9.62 Å². The van der Waals surface area contributed by atoms with Gasteiger partial charge in [0.15, 0.2) is 0 Å². The Hall–Kier alpha value is -2.22. The molecule has 132 valence electrons. The van der Waals surface area contributed by atoms with Crippen LogP contribution in [-0.2, 0) is 16.4 Å². The Morgan fingerprint density at radius 1 is 1.20 bits per heavy atom. The summed E-state index contributed by atoms with van der Waals surface area (Å²) in [5.41, 5.74) is 2.48. The molecule has 1 heterocycles. The van der Waals surface area contributed by atoms with Crippen molar-refractivity contribution in [3.8, 4) is 0 Å². The highest BCUT2D eigenvalue weighted by Gasteiger charge is 2.25. The molecule has 2 aromatic carbocycles. The quantitative estimate of drug-likeness (QED) is 0.847. The Morgan fingerprint density at radius 3 is 2.56 bits per heavy atom. The summed E-state index contributed by atoms with van der Waals surface area (Å²) in [6.45, 7) is 2.06. The molecule has 0 fully saturated rings. The Labute approximate surface area is 147 Å². The van der Waals surface area contributed by atoms with Crippen molar-refractivity contribution in [1.29, 1.82) is 0 Å². The van der Waals surface area contributed by atoms with Gasteiger partial charge in [-0.3, -0.25) is 4.79 Å². The van der Waals surface area contributed by atoms with Gasteiger partial charge >= 0.3 is 0 Å². The van der Waals surface area contributed by atoms with Crippen LogP contribution in [-0.4, -0.2) is 38.6 Å². The van der Waals surface area contributed by atoms with Crippen LogP contribution in [0.4, 0.5) is 5.69 Å². The first-order valence-corrected chi connectivity index (χ1v) is 9.54. The van der Waals surface area contributed by atoms with Crippen molar-refractivity contribution in [1.82, 2.24) is 4.72 Å². The molecule has 1 atom stereocenters. The summed E-state index contributed by atoms with van der Waals surface area (Å²) in [5, 5.41) is 9.20. The van der Waals surface area contributed by atoms with Crippen LogP contribution in [0.3, 0.4) is 0 Å². The summed E-state index contributed by atoms with van der Waals surface area (Å²) >= 11 is 0. The molecule has 0 saturated heterocycles. The summed E-state index contributed by atoms with van der Waals surface area (Å²) in [4.78, 5) is 14.5. The van der Waals surface area contributed by atoms with Crippen LogP contribution in [0.2, 0.25) is 0 Å². The lowest BCUT2D eigenvalue weighted by Crippen LogP contribution is -2.31. The highest BCUT2D eigenvalue weighted by molar-refractivity contribution is 7.89. The van der Waals surface area contributed by atoms with E-state index in [9.17, 15) is 18.3 Å². The van der Waals surface area contributed by atoms with Crippen LogP contribution >= 0.6 is 0 Å². The number of sulfonamides is 1. The summed E-state index contributed by atoms with van der Waals surface area (Å²) < 4.78 is 26.6. The smallest absolute Gasteiger partial charge is 0.258 e. The van der Waals surface area contributed by atoms with Crippen molar-refractivity contribution in [3.05, 3.63) is 59.7 Å². The third kappa shape index (κ3) is 3.73.